The zero-order chi connectivity index (χ0) is 20.5. The van der Waals surface area contributed by atoms with Crippen LogP contribution in [0.15, 0.2) is 46.1 Å². The highest BCUT2D eigenvalue weighted by atomic mass is 35.5. The highest BCUT2D eigenvalue weighted by Crippen LogP contribution is 2.32. The Hall–Kier alpha value is -2.18. The van der Waals surface area contributed by atoms with Crippen LogP contribution in [0.1, 0.15) is 43.0 Å². The minimum atomic E-state index is -3.44. The van der Waals surface area contributed by atoms with Crippen molar-refractivity contribution in [3.63, 3.8) is 0 Å². The number of hydrogen-bond donors (Lipinski definition) is 1. The number of carbonyl (C=O) groups excluding carboxylic acids is 1. The number of rotatable bonds is 5. The molecule has 2 aromatic rings. The summed E-state index contributed by atoms with van der Waals surface area (Å²) in [6, 6.07) is 8.36. The SMILES string of the molecule is CCc1ccc(C(=C[C@H]2CCC(=O)C2)c2ccc(S(C)(=O)=O)c(Cl)c2)[nH]c1=O. The van der Waals surface area contributed by atoms with Gasteiger partial charge in [0.05, 0.1) is 9.92 Å². The Bertz CT molecular complexity index is 1120. The summed E-state index contributed by atoms with van der Waals surface area (Å²) in [4.78, 5) is 26.9. The van der Waals surface area contributed by atoms with Crippen LogP contribution < -0.4 is 5.56 Å². The molecule has 0 unspecified atom stereocenters. The maximum absolute atomic E-state index is 12.3. The molecule has 0 spiro atoms. The largest absolute Gasteiger partial charge is 0.322 e. The van der Waals surface area contributed by atoms with Gasteiger partial charge < -0.3 is 4.98 Å². The van der Waals surface area contributed by atoms with Gasteiger partial charge in [-0.1, -0.05) is 36.7 Å². The molecule has 0 amide bonds. The van der Waals surface area contributed by atoms with Crippen LogP contribution in [-0.4, -0.2) is 25.4 Å². The molecule has 3 rings (SSSR count). The third kappa shape index (κ3) is 4.45. The Kier molecular flexibility index (Phi) is 5.91. The second kappa shape index (κ2) is 8.05. The van der Waals surface area contributed by atoms with Crippen LogP contribution in [0.2, 0.25) is 5.02 Å². The van der Waals surface area contributed by atoms with Gasteiger partial charge in [-0.15, -0.1) is 0 Å². The molecule has 1 aromatic carbocycles. The summed E-state index contributed by atoms with van der Waals surface area (Å²) in [5.74, 6) is 0.297. The maximum Gasteiger partial charge on any atom is 0.251 e. The van der Waals surface area contributed by atoms with Crippen molar-refractivity contribution >= 4 is 32.8 Å². The fraction of sp³-hybridized carbons (Fsp3) is 0.333. The molecule has 1 atom stereocenters. The third-order valence-corrected chi connectivity index (χ3v) is 6.57. The van der Waals surface area contributed by atoms with Crippen molar-refractivity contribution in [2.75, 3.05) is 6.26 Å². The normalized spacial score (nSPS) is 17.9. The third-order valence-electron chi connectivity index (χ3n) is 4.99. The van der Waals surface area contributed by atoms with Crippen molar-refractivity contribution in [1.29, 1.82) is 0 Å². The number of nitrogens with one attached hydrogen (secondary N) is 1. The minimum Gasteiger partial charge on any atom is -0.322 e. The van der Waals surface area contributed by atoms with E-state index < -0.39 is 9.84 Å². The van der Waals surface area contributed by atoms with Gasteiger partial charge >= 0.3 is 0 Å². The molecule has 0 bridgehead atoms. The van der Waals surface area contributed by atoms with Crippen LogP contribution in [0.3, 0.4) is 0 Å². The molecule has 1 fully saturated rings. The van der Waals surface area contributed by atoms with E-state index in [0.717, 1.165) is 18.2 Å². The number of aromatic amines is 1. The number of H-pyrrole nitrogens is 1. The molecule has 0 aliphatic heterocycles. The van der Waals surface area contributed by atoms with Crippen LogP contribution in [-0.2, 0) is 21.1 Å². The molecule has 7 heteroatoms. The topological polar surface area (TPSA) is 84.1 Å². The second-order valence-corrected chi connectivity index (χ2v) is 9.51. The molecule has 1 aliphatic carbocycles. The zero-order valence-electron chi connectivity index (χ0n) is 15.8. The van der Waals surface area contributed by atoms with Gasteiger partial charge in [-0.25, -0.2) is 8.42 Å². The highest BCUT2D eigenvalue weighted by molar-refractivity contribution is 7.90. The van der Waals surface area contributed by atoms with Gasteiger partial charge in [0.25, 0.3) is 5.56 Å². The number of aromatic nitrogens is 1. The van der Waals surface area contributed by atoms with E-state index in [-0.39, 0.29) is 27.2 Å². The first kappa shape index (κ1) is 20.6. The number of allylic oxidation sites excluding steroid dienone is 1. The van der Waals surface area contributed by atoms with Gasteiger partial charge in [0.15, 0.2) is 9.84 Å². The summed E-state index contributed by atoms with van der Waals surface area (Å²) in [5, 5.41) is 0.126. The average molecular weight is 420 g/mol. The fourth-order valence-corrected chi connectivity index (χ4v) is 4.80. The molecular weight excluding hydrogens is 398 g/mol. The summed E-state index contributed by atoms with van der Waals surface area (Å²) in [5.41, 5.74) is 2.57. The number of carbonyl (C=O) groups is 1. The van der Waals surface area contributed by atoms with Crippen molar-refractivity contribution in [2.45, 2.75) is 37.5 Å². The van der Waals surface area contributed by atoms with Crippen LogP contribution >= 0.6 is 11.6 Å². The van der Waals surface area contributed by atoms with Gasteiger partial charge in [0.1, 0.15) is 5.78 Å². The summed E-state index contributed by atoms with van der Waals surface area (Å²) in [6.45, 7) is 1.91. The lowest BCUT2D eigenvalue weighted by Gasteiger charge is -2.13. The van der Waals surface area contributed by atoms with Crippen molar-refractivity contribution in [1.82, 2.24) is 4.98 Å². The average Bonchev–Trinajstić information content (AvgIpc) is 3.03. The molecule has 5 nitrogen and oxygen atoms in total. The molecule has 1 saturated carbocycles. The fourth-order valence-electron chi connectivity index (χ4n) is 3.47. The summed E-state index contributed by atoms with van der Waals surface area (Å²) in [6.07, 6.45) is 5.49. The Labute approximate surface area is 169 Å². The van der Waals surface area contributed by atoms with Crippen LogP contribution in [0.4, 0.5) is 0 Å². The second-order valence-electron chi connectivity index (χ2n) is 7.12. The number of Topliss-reactive ketones (excluding diaryl/α,β-unsaturated/α-hetero) is 1. The maximum atomic E-state index is 12.3. The summed E-state index contributed by atoms with van der Waals surface area (Å²) >= 11 is 6.23. The van der Waals surface area contributed by atoms with E-state index in [0.29, 0.717) is 36.1 Å². The molecular formula is C21H22ClNO4S. The Morgan fingerprint density at radius 3 is 2.54 bits per heavy atom. The van der Waals surface area contributed by atoms with Crippen molar-refractivity contribution < 1.29 is 13.2 Å². The zero-order valence-corrected chi connectivity index (χ0v) is 17.4. The molecule has 1 aromatic heterocycles. The number of ketones is 1. The van der Waals surface area contributed by atoms with Crippen LogP contribution in [0.25, 0.3) is 5.57 Å². The number of aryl methyl sites for hydroxylation is 1. The predicted molar refractivity (Wildman–Crippen MR) is 110 cm³/mol. The lowest BCUT2D eigenvalue weighted by atomic mass is 9.95. The number of hydrogen-bond acceptors (Lipinski definition) is 4. The Morgan fingerprint density at radius 1 is 1.25 bits per heavy atom. The van der Waals surface area contributed by atoms with E-state index in [9.17, 15) is 18.0 Å². The van der Waals surface area contributed by atoms with E-state index in [2.05, 4.69) is 4.98 Å². The van der Waals surface area contributed by atoms with Crippen LogP contribution in [0, 0.1) is 5.92 Å². The lowest BCUT2D eigenvalue weighted by Crippen LogP contribution is -2.13. The van der Waals surface area contributed by atoms with Gasteiger partial charge in [-0.2, -0.15) is 0 Å². The van der Waals surface area contributed by atoms with E-state index in [1.807, 2.05) is 19.1 Å². The predicted octanol–water partition coefficient (Wildman–Crippen LogP) is 3.80. The molecule has 28 heavy (non-hydrogen) atoms. The van der Waals surface area contributed by atoms with E-state index in [1.165, 1.54) is 6.07 Å². The van der Waals surface area contributed by atoms with Crippen molar-refractivity contribution in [3.05, 3.63) is 68.6 Å². The Balaban J connectivity index is 2.13. The molecule has 1 aliphatic rings. The molecule has 1 N–H and O–H groups in total. The molecule has 148 valence electrons. The van der Waals surface area contributed by atoms with Gasteiger partial charge in [-0.3, -0.25) is 9.59 Å². The minimum absolute atomic E-state index is 0.0585. The first-order valence-corrected chi connectivity index (χ1v) is 11.4. The van der Waals surface area contributed by atoms with E-state index >= 15 is 0 Å². The first-order chi connectivity index (χ1) is 13.2. The Morgan fingerprint density at radius 2 is 2.00 bits per heavy atom. The molecule has 0 radical (unpaired) electrons. The monoisotopic (exact) mass is 419 g/mol. The summed E-state index contributed by atoms with van der Waals surface area (Å²) < 4.78 is 23.7. The number of pyridine rings is 1. The highest BCUT2D eigenvalue weighted by Gasteiger charge is 2.22. The van der Waals surface area contributed by atoms with Crippen LogP contribution in [0.5, 0.6) is 0 Å². The number of benzene rings is 1. The lowest BCUT2D eigenvalue weighted by molar-refractivity contribution is -0.117. The van der Waals surface area contributed by atoms with Gasteiger partial charge in [0, 0.05) is 35.9 Å². The molecule has 1 heterocycles. The van der Waals surface area contributed by atoms with E-state index in [1.54, 1.807) is 18.2 Å². The number of halogens is 1. The van der Waals surface area contributed by atoms with E-state index in [4.69, 9.17) is 11.6 Å². The first-order valence-electron chi connectivity index (χ1n) is 9.15. The smallest absolute Gasteiger partial charge is 0.251 e. The quantitative estimate of drug-likeness (QED) is 0.798. The summed E-state index contributed by atoms with van der Waals surface area (Å²) in [7, 11) is -3.44. The van der Waals surface area contributed by atoms with Gasteiger partial charge in [-0.05, 0) is 42.5 Å². The van der Waals surface area contributed by atoms with Gasteiger partial charge in [0.2, 0.25) is 0 Å². The van der Waals surface area contributed by atoms with Crippen molar-refractivity contribution in [3.8, 4) is 0 Å². The standard InChI is InChI=1S/C21H22ClNO4S/c1-3-14-5-8-19(23-21(14)25)17(11-13-4-7-16(24)10-13)15-6-9-20(18(22)12-15)28(2,26)27/h5-6,8-9,11-13H,3-4,7,10H2,1-2H3,(H,23,25)/t13-/m0/s1. The van der Waals surface area contributed by atoms with Crippen molar-refractivity contribution in [2.24, 2.45) is 5.92 Å². The molecule has 0 saturated heterocycles. The number of sulfone groups is 1.